The smallest absolute Gasteiger partial charge is 0.132 e. The molecule has 1 aliphatic heterocycles. The van der Waals surface area contributed by atoms with E-state index in [0.717, 1.165) is 39.0 Å². The van der Waals surface area contributed by atoms with E-state index in [0.29, 0.717) is 10.4 Å². The number of nitrogens with one attached hydrogen (secondary N) is 1. The summed E-state index contributed by atoms with van der Waals surface area (Å²) in [6.07, 6.45) is 3.32. The van der Waals surface area contributed by atoms with Crippen LogP contribution in [0.4, 0.5) is 8.78 Å². The second-order valence-corrected chi connectivity index (χ2v) is 6.62. The van der Waals surface area contributed by atoms with E-state index in [1.54, 1.807) is 0 Å². The Hall–Kier alpha value is -0.520. The van der Waals surface area contributed by atoms with Crippen molar-refractivity contribution in [2.75, 3.05) is 26.2 Å². The summed E-state index contributed by atoms with van der Waals surface area (Å²) in [5, 5.41) is 3.30. The average molecular weight is 345 g/mol. The molecule has 1 N–H and O–H groups in total. The van der Waals surface area contributed by atoms with E-state index < -0.39 is 11.6 Å². The van der Waals surface area contributed by atoms with Gasteiger partial charge >= 0.3 is 0 Å². The predicted molar refractivity (Wildman–Crippen MR) is 78.6 cm³/mol. The highest BCUT2D eigenvalue weighted by atomic mass is 79.9. The largest absolute Gasteiger partial charge is 0.314 e. The number of rotatable bonds is 3. The Morgan fingerprint density at radius 2 is 1.75 bits per heavy atom. The average Bonchev–Trinajstić information content (AvgIpc) is 2.35. The van der Waals surface area contributed by atoms with Crippen LogP contribution in [0.15, 0.2) is 16.6 Å². The summed E-state index contributed by atoms with van der Waals surface area (Å²) in [5.74, 6) is -0.460. The topological polar surface area (TPSA) is 15.3 Å². The summed E-state index contributed by atoms with van der Waals surface area (Å²) < 4.78 is 29.1. The first kappa shape index (κ1) is 14.4. The molecule has 1 atom stereocenters. The van der Waals surface area contributed by atoms with E-state index in [4.69, 9.17) is 0 Å². The van der Waals surface area contributed by atoms with Gasteiger partial charge in [0.05, 0.1) is 0 Å². The first-order valence-corrected chi connectivity index (χ1v) is 8.05. The van der Waals surface area contributed by atoms with E-state index in [2.05, 4.69) is 26.1 Å². The highest BCUT2D eigenvalue weighted by Gasteiger charge is 2.36. The zero-order valence-electron chi connectivity index (χ0n) is 11.3. The van der Waals surface area contributed by atoms with Crippen molar-refractivity contribution >= 4 is 15.9 Å². The van der Waals surface area contributed by atoms with Crippen LogP contribution < -0.4 is 5.32 Å². The van der Waals surface area contributed by atoms with E-state index >= 15 is 0 Å². The zero-order chi connectivity index (χ0) is 14.1. The molecule has 2 aliphatic rings. The SMILES string of the molecule is Fc1cc(Br)cc(F)c1[C@@H](C1CCC1)N1CCNCC1. The summed E-state index contributed by atoms with van der Waals surface area (Å²) in [4.78, 5) is 2.25. The fraction of sp³-hybridized carbons (Fsp3) is 0.600. The van der Waals surface area contributed by atoms with Gasteiger partial charge < -0.3 is 5.32 Å². The van der Waals surface area contributed by atoms with Crippen molar-refractivity contribution in [1.82, 2.24) is 10.2 Å². The normalized spacial score (nSPS) is 22.6. The van der Waals surface area contributed by atoms with Gasteiger partial charge in [0, 0.05) is 42.3 Å². The number of hydrogen-bond acceptors (Lipinski definition) is 2. The minimum Gasteiger partial charge on any atom is -0.314 e. The Balaban J connectivity index is 1.96. The molecule has 1 saturated carbocycles. The van der Waals surface area contributed by atoms with Crippen molar-refractivity contribution in [3.05, 3.63) is 33.8 Å². The quantitative estimate of drug-likeness (QED) is 0.903. The molecule has 5 heteroatoms. The van der Waals surface area contributed by atoms with Gasteiger partial charge in [-0.1, -0.05) is 22.4 Å². The van der Waals surface area contributed by atoms with Crippen molar-refractivity contribution in [3.8, 4) is 0 Å². The third-order valence-corrected chi connectivity index (χ3v) is 4.94. The molecule has 1 heterocycles. The summed E-state index contributed by atoms with van der Waals surface area (Å²) in [6.45, 7) is 3.50. The highest BCUT2D eigenvalue weighted by Crippen LogP contribution is 2.43. The molecule has 3 rings (SSSR count). The van der Waals surface area contributed by atoms with Gasteiger partial charge in [-0.05, 0) is 30.9 Å². The zero-order valence-corrected chi connectivity index (χ0v) is 12.9. The standard InChI is InChI=1S/C15H19BrF2N2/c16-11-8-12(17)14(13(18)9-11)15(10-2-1-3-10)20-6-4-19-5-7-20/h8-10,15,19H,1-7H2/t15-/m1/s1. The first-order valence-electron chi connectivity index (χ1n) is 7.26. The first-order chi connectivity index (χ1) is 9.66. The molecule has 0 spiro atoms. The Morgan fingerprint density at radius 1 is 1.15 bits per heavy atom. The maximum Gasteiger partial charge on any atom is 0.132 e. The van der Waals surface area contributed by atoms with Crippen molar-refractivity contribution in [1.29, 1.82) is 0 Å². The molecule has 2 fully saturated rings. The van der Waals surface area contributed by atoms with Crippen molar-refractivity contribution in [2.45, 2.75) is 25.3 Å². The van der Waals surface area contributed by atoms with Crippen LogP contribution in [0.3, 0.4) is 0 Å². The van der Waals surface area contributed by atoms with Crippen LogP contribution in [-0.2, 0) is 0 Å². The maximum absolute atomic E-state index is 14.3. The maximum atomic E-state index is 14.3. The van der Waals surface area contributed by atoms with Crippen LogP contribution in [-0.4, -0.2) is 31.1 Å². The number of halogens is 3. The number of piperazine rings is 1. The third kappa shape index (κ3) is 2.76. The summed E-state index contributed by atoms with van der Waals surface area (Å²) in [7, 11) is 0. The summed E-state index contributed by atoms with van der Waals surface area (Å²) >= 11 is 3.16. The Bertz CT molecular complexity index is 462. The fourth-order valence-corrected chi connectivity index (χ4v) is 3.67. The van der Waals surface area contributed by atoms with Crippen LogP contribution in [0, 0.1) is 17.6 Å². The monoisotopic (exact) mass is 344 g/mol. The number of hydrogen-bond donors (Lipinski definition) is 1. The van der Waals surface area contributed by atoms with Crippen molar-refractivity contribution < 1.29 is 8.78 Å². The highest BCUT2D eigenvalue weighted by molar-refractivity contribution is 9.10. The van der Waals surface area contributed by atoms with Crippen LogP contribution in [0.25, 0.3) is 0 Å². The lowest BCUT2D eigenvalue weighted by molar-refractivity contribution is 0.0784. The third-order valence-electron chi connectivity index (χ3n) is 4.48. The molecular weight excluding hydrogens is 326 g/mol. The molecule has 0 amide bonds. The van der Waals surface area contributed by atoms with Gasteiger partial charge in [0.15, 0.2) is 0 Å². The number of benzene rings is 1. The lowest BCUT2D eigenvalue weighted by atomic mass is 9.76. The molecule has 1 saturated heterocycles. The molecule has 20 heavy (non-hydrogen) atoms. The minimum atomic E-state index is -0.424. The van der Waals surface area contributed by atoms with Crippen LogP contribution in [0.2, 0.25) is 0 Å². The lowest BCUT2D eigenvalue weighted by Gasteiger charge is -2.43. The second-order valence-electron chi connectivity index (χ2n) is 5.70. The molecule has 2 nitrogen and oxygen atoms in total. The van der Waals surface area contributed by atoms with Crippen LogP contribution in [0.1, 0.15) is 30.9 Å². The lowest BCUT2D eigenvalue weighted by Crippen LogP contribution is -2.48. The van der Waals surface area contributed by atoms with E-state index in [1.807, 2.05) is 0 Å². The van der Waals surface area contributed by atoms with E-state index in [-0.39, 0.29) is 11.6 Å². The molecule has 1 aromatic rings. The molecule has 0 bridgehead atoms. The van der Waals surface area contributed by atoms with Gasteiger partial charge in [-0.3, -0.25) is 4.90 Å². The van der Waals surface area contributed by atoms with Crippen molar-refractivity contribution in [3.63, 3.8) is 0 Å². The van der Waals surface area contributed by atoms with Gasteiger partial charge in [0.1, 0.15) is 11.6 Å². The summed E-state index contributed by atoms with van der Waals surface area (Å²) in [6, 6.07) is 2.65. The molecule has 1 aromatic carbocycles. The fourth-order valence-electron chi connectivity index (χ4n) is 3.27. The molecular formula is C15H19BrF2N2. The van der Waals surface area contributed by atoms with E-state index in [1.165, 1.54) is 18.6 Å². The van der Waals surface area contributed by atoms with Crippen molar-refractivity contribution in [2.24, 2.45) is 5.92 Å². The van der Waals surface area contributed by atoms with Gasteiger partial charge in [0.25, 0.3) is 0 Å². The van der Waals surface area contributed by atoms with Crippen LogP contribution in [0.5, 0.6) is 0 Å². The van der Waals surface area contributed by atoms with Gasteiger partial charge in [0.2, 0.25) is 0 Å². The van der Waals surface area contributed by atoms with Gasteiger partial charge in [-0.15, -0.1) is 0 Å². The molecule has 1 aliphatic carbocycles. The Morgan fingerprint density at radius 3 is 2.25 bits per heavy atom. The Kier molecular flexibility index (Phi) is 4.38. The summed E-state index contributed by atoms with van der Waals surface area (Å²) in [5.41, 5.74) is 0.264. The molecule has 0 unspecified atom stereocenters. The van der Waals surface area contributed by atoms with E-state index in [9.17, 15) is 8.78 Å². The van der Waals surface area contributed by atoms with Gasteiger partial charge in [-0.25, -0.2) is 8.78 Å². The minimum absolute atomic E-state index is 0.112. The number of nitrogens with zero attached hydrogens (tertiary/aromatic N) is 1. The molecule has 0 radical (unpaired) electrons. The predicted octanol–water partition coefficient (Wildman–Crippen LogP) is 3.47. The van der Waals surface area contributed by atoms with Gasteiger partial charge in [-0.2, -0.15) is 0 Å². The Labute approximate surface area is 126 Å². The molecule has 0 aromatic heterocycles. The van der Waals surface area contributed by atoms with Crippen LogP contribution >= 0.6 is 15.9 Å². The molecule has 110 valence electrons. The second kappa shape index (κ2) is 6.08.